The van der Waals surface area contributed by atoms with Crippen LogP contribution in [0.1, 0.15) is 22.7 Å². The molecule has 138 valence electrons. The van der Waals surface area contributed by atoms with Gasteiger partial charge in [-0.15, -0.1) is 0 Å². The van der Waals surface area contributed by atoms with Crippen molar-refractivity contribution >= 4 is 5.82 Å². The summed E-state index contributed by atoms with van der Waals surface area (Å²) in [6.07, 6.45) is 3.06. The van der Waals surface area contributed by atoms with Crippen LogP contribution in [0, 0.1) is 0 Å². The molecule has 0 bridgehead atoms. The fraction of sp³-hybridized carbons (Fsp3) is 0.167. The van der Waals surface area contributed by atoms with Crippen molar-refractivity contribution in [3.8, 4) is 16.9 Å². The summed E-state index contributed by atoms with van der Waals surface area (Å²) < 4.78 is 2.18. The van der Waals surface area contributed by atoms with Gasteiger partial charge in [0.15, 0.2) is 0 Å². The zero-order valence-electron chi connectivity index (χ0n) is 16.1. The lowest BCUT2D eigenvalue weighted by molar-refractivity contribution is -0.644. The van der Waals surface area contributed by atoms with Crippen LogP contribution >= 0.6 is 0 Å². The second-order valence-corrected chi connectivity index (χ2v) is 7.47. The molecule has 1 aliphatic carbocycles. The molecule has 4 nitrogen and oxygen atoms in total. The molecule has 1 atom stereocenters. The topological polar surface area (TPSA) is 35.8 Å². The van der Waals surface area contributed by atoms with Gasteiger partial charge >= 0.3 is 0 Å². The smallest absolute Gasteiger partial charge is 0.250 e. The molecule has 4 aromatic rings. The maximum absolute atomic E-state index is 5.00. The largest absolute Gasteiger partial charge is 0.363 e. The van der Waals surface area contributed by atoms with Gasteiger partial charge in [0.25, 0.3) is 5.69 Å². The van der Waals surface area contributed by atoms with Crippen LogP contribution in [-0.4, -0.2) is 24.2 Å². The lowest BCUT2D eigenvalue weighted by Gasteiger charge is -2.23. The molecule has 5 rings (SSSR count). The van der Waals surface area contributed by atoms with Crippen LogP contribution in [0.15, 0.2) is 79.0 Å². The highest BCUT2D eigenvalue weighted by atomic mass is 15.3. The fourth-order valence-corrected chi connectivity index (χ4v) is 4.11. The molecule has 0 saturated heterocycles. The molecular formula is C24H23N4+. The molecule has 0 fully saturated rings. The minimum Gasteiger partial charge on any atom is -0.363 e. The Morgan fingerprint density at radius 3 is 2.36 bits per heavy atom. The normalized spacial score (nSPS) is 15.0. The van der Waals surface area contributed by atoms with E-state index in [0.717, 1.165) is 23.6 Å². The van der Waals surface area contributed by atoms with Crippen molar-refractivity contribution < 1.29 is 4.68 Å². The quantitative estimate of drug-likeness (QED) is 0.553. The summed E-state index contributed by atoms with van der Waals surface area (Å²) >= 11 is 0. The summed E-state index contributed by atoms with van der Waals surface area (Å²) in [5, 5.41) is 3.49. The Morgan fingerprint density at radius 1 is 0.929 bits per heavy atom. The average Bonchev–Trinajstić information content (AvgIpc) is 3.19. The van der Waals surface area contributed by atoms with Crippen molar-refractivity contribution in [2.75, 3.05) is 19.0 Å². The van der Waals surface area contributed by atoms with Gasteiger partial charge in [-0.1, -0.05) is 53.2 Å². The molecule has 0 unspecified atom stereocenters. The van der Waals surface area contributed by atoms with Crippen molar-refractivity contribution in [1.29, 1.82) is 0 Å². The number of nitrogens with one attached hydrogen (secondary N) is 1. The first kappa shape index (κ1) is 16.8. The van der Waals surface area contributed by atoms with E-state index >= 15 is 0 Å². The van der Waals surface area contributed by atoms with Crippen molar-refractivity contribution in [3.05, 3.63) is 95.8 Å². The zero-order chi connectivity index (χ0) is 19.1. The van der Waals surface area contributed by atoms with E-state index in [2.05, 4.69) is 87.6 Å². The molecule has 2 aromatic carbocycles. The first-order valence-corrected chi connectivity index (χ1v) is 9.63. The number of pyridine rings is 1. The van der Waals surface area contributed by atoms with Crippen LogP contribution in [0.25, 0.3) is 16.9 Å². The van der Waals surface area contributed by atoms with Crippen LogP contribution in [0.5, 0.6) is 0 Å². The van der Waals surface area contributed by atoms with Gasteiger partial charge in [-0.3, -0.25) is 0 Å². The molecule has 28 heavy (non-hydrogen) atoms. The highest BCUT2D eigenvalue weighted by molar-refractivity contribution is 5.69. The van der Waals surface area contributed by atoms with Gasteiger partial charge in [-0.2, -0.15) is 5.10 Å². The number of fused-ring (bicyclic) bond motifs is 3. The standard InChI is InChI=1S/C24H22N4/c1-27(2)23-14-13-19-22(26-23)15-20(17-9-5-3-6-10-17)21-16-25-28(24(19)21)18-11-7-4-8-12-18/h3-14,16,20H,15H2,1-2H3/p+1/t20-/m1/s1. The van der Waals surface area contributed by atoms with Gasteiger partial charge in [-0.25, -0.2) is 4.98 Å². The molecule has 0 spiro atoms. The number of benzene rings is 2. The Bertz CT molecular complexity index is 1110. The molecule has 4 heteroatoms. The second-order valence-electron chi connectivity index (χ2n) is 7.47. The number of nitrogens with zero attached hydrogens (tertiary/aromatic N) is 3. The molecule has 0 radical (unpaired) electrons. The zero-order valence-corrected chi connectivity index (χ0v) is 16.1. The van der Waals surface area contributed by atoms with Gasteiger partial charge in [0.1, 0.15) is 5.82 Å². The Labute approximate surface area is 165 Å². The monoisotopic (exact) mass is 367 g/mol. The van der Waals surface area contributed by atoms with E-state index in [1.807, 2.05) is 20.2 Å². The predicted octanol–water partition coefficient (Wildman–Crippen LogP) is 4.11. The average molecular weight is 367 g/mol. The SMILES string of the molecule is CN(C)c1ccc2c(n1)C[C@H](c1ccccc1)c1c[nH][n+](-c3ccccc3)c1-2. The Balaban J connectivity index is 1.74. The van der Waals surface area contributed by atoms with Crippen LogP contribution in [0.2, 0.25) is 0 Å². The molecule has 2 aromatic heterocycles. The third-order valence-corrected chi connectivity index (χ3v) is 5.51. The summed E-state index contributed by atoms with van der Waals surface area (Å²) in [5.74, 6) is 1.28. The van der Waals surface area contributed by atoms with Crippen molar-refractivity contribution in [1.82, 2.24) is 10.1 Å². The van der Waals surface area contributed by atoms with E-state index in [-0.39, 0.29) is 5.92 Å². The summed E-state index contributed by atoms with van der Waals surface area (Å²) in [4.78, 5) is 7.07. The van der Waals surface area contributed by atoms with Gasteiger partial charge in [0.05, 0.1) is 23.0 Å². The summed E-state index contributed by atoms with van der Waals surface area (Å²) in [6.45, 7) is 0. The third-order valence-electron chi connectivity index (χ3n) is 5.51. The van der Waals surface area contributed by atoms with E-state index in [1.54, 1.807) is 0 Å². The lowest BCUT2D eigenvalue weighted by Crippen LogP contribution is -2.36. The molecule has 0 amide bonds. The minimum absolute atomic E-state index is 0.287. The second kappa shape index (κ2) is 6.64. The summed E-state index contributed by atoms with van der Waals surface area (Å²) in [6, 6.07) is 25.5. The fourth-order valence-electron chi connectivity index (χ4n) is 4.11. The number of para-hydroxylation sites is 1. The number of H-pyrrole nitrogens is 1. The molecule has 1 aliphatic rings. The van der Waals surface area contributed by atoms with E-state index < -0.39 is 0 Å². The number of aromatic nitrogens is 3. The lowest BCUT2D eigenvalue weighted by atomic mass is 9.80. The van der Waals surface area contributed by atoms with Crippen molar-refractivity contribution in [2.24, 2.45) is 0 Å². The van der Waals surface area contributed by atoms with Crippen LogP contribution in [0.4, 0.5) is 5.82 Å². The maximum atomic E-state index is 5.00. The molecule has 0 aliphatic heterocycles. The number of hydrogen-bond acceptors (Lipinski definition) is 2. The van der Waals surface area contributed by atoms with Gasteiger partial charge in [0.2, 0.25) is 5.69 Å². The van der Waals surface area contributed by atoms with Crippen molar-refractivity contribution in [3.63, 3.8) is 0 Å². The molecule has 2 heterocycles. The summed E-state index contributed by atoms with van der Waals surface area (Å²) in [5.41, 5.74) is 7.33. The predicted molar refractivity (Wildman–Crippen MR) is 112 cm³/mol. The first-order chi connectivity index (χ1) is 13.7. The number of rotatable bonds is 3. The maximum Gasteiger partial charge on any atom is 0.250 e. The number of aromatic amines is 1. The minimum atomic E-state index is 0.287. The Hall–Kier alpha value is -3.40. The highest BCUT2D eigenvalue weighted by Crippen LogP contribution is 2.41. The number of anilines is 1. The first-order valence-electron chi connectivity index (χ1n) is 9.63. The third kappa shape index (κ3) is 2.69. The van der Waals surface area contributed by atoms with E-state index in [9.17, 15) is 0 Å². The van der Waals surface area contributed by atoms with Crippen LogP contribution < -0.4 is 9.58 Å². The molecular weight excluding hydrogens is 344 g/mol. The molecule has 1 N–H and O–H groups in total. The van der Waals surface area contributed by atoms with E-state index in [0.29, 0.717) is 0 Å². The highest BCUT2D eigenvalue weighted by Gasteiger charge is 2.36. The van der Waals surface area contributed by atoms with Gasteiger partial charge in [0, 0.05) is 38.6 Å². The molecule has 0 saturated carbocycles. The van der Waals surface area contributed by atoms with Crippen molar-refractivity contribution in [2.45, 2.75) is 12.3 Å². The Kier molecular flexibility index (Phi) is 3.97. The van der Waals surface area contributed by atoms with Crippen LogP contribution in [-0.2, 0) is 6.42 Å². The van der Waals surface area contributed by atoms with E-state index in [4.69, 9.17) is 4.98 Å². The summed E-state index contributed by atoms with van der Waals surface area (Å²) in [7, 11) is 4.08. The van der Waals surface area contributed by atoms with Crippen LogP contribution in [0.3, 0.4) is 0 Å². The van der Waals surface area contributed by atoms with Gasteiger partial charge < -0.3 is 4.90 Å². The van der Waals surface area contributed by atoms with Gasteiger partial charge in [-0.05, 0) is 17.7 Å². The number of hydrogen-bond donors (Lipinski definition) is 1. The Morgan fingerprint density at radius 2 is 1.64 bits per heavy atom. The van der Waals surface area contributed by atoms with E-state index in [1.165, 1.54) is 22.4 Å².